The molecule has 0 bridgehead atoms. The van der Waals surface area contributed by atoms with Crippen molar-refractivity contribution in [3.63, 3.8) is 0 Å². The Hall–Kier alpha value is -2.82. The molecule has 0 radical (unpaired) electrons. The van der Waals surface area contributed by atoms with E-state index in [4.69, 9.17) is 46.3 Å². The second kappa shape index (κ2) is 12.8. The van der Waals surface area contributed by atoms with E-state index in [1.807, 2.05) is 0 Å². The average molecular weight is 709 g/mol. The maximum absolute atomic E-state index is 15.9. The number of hydrogen-bond acceptors (Lipinski definition) is 17. The van der Waals surface area contributed by atoms with Crippen molar-refractivity contribution < 1.29 is 42.0 Å². The third-order valence-corrected chi connectivity index (χ3v) is 9.31. The number of aromatic amines is 1. The number of halogens is 1. The van der Waals surface area contributed by atoms with E-state index in [0.717, 1.165) is 11.0 Å². The summed E-state index contributed by atoms with van der Waals surface area (Å²) in [5.41, 5.74) is 11.1. The van der Waals surface area contributed by atoms with Crippen LogP contribution < -0.4 is 17.0 Å². The minimum Gasteiger partial charge on any atom is -0.394 e. The van der Waals surface area contributed by atoms with Gasteiger partial charge in [-0.05, 0) is 16.4 Å². The van der Waals surface area contributed by atoms with Crippen LogP contribution in [0.3, 0.4) is 0 Å². The summed E-state index contributed by atoms with van der Waals surface area (Å²) in [5, 5.41) is 17.6. The van der Waals surface area contributed by atoms with Crippen LogP contribution in [0.4, 0.5) is 16.2 Å². The Morgan fingerprint density at radius 3 is 2.76 bits per heavy atom. The van der Waals surface area contributed by atoms with E-state index in [1.165, 1.54) is 10.9 Å². The number of hydrogen-bond donors (Lipinski definition) is 6. The van der Waals surface area contributed by atoms with Crippen molar-refractivity contribution in [1.82, 2.24) is 44.5 Å². The van der Waals surface area contributed by atoms with Crippen LogP contribution in [0.5, 0.6) is 0 Å². The van der Waals surface area contributed by atoms with Crippen LogP contribution >= 0.6 is 26.2 Å². The van der Waals surface area contributed by atoms with Gasteiger partial charge in [-0.15, -0.1) is 9.62 Å². The molecule has 6 heterocycles. The van der Waals surface area contributed by atoms with Crippen LogP contribution in [0.1, 0.15) is 25.3 Å². The maximum Gasteiger partial charge on any atom is 0.582 e. The molecular weight excluding hydrogens is 683 g/mol. The summed E-state index contributed by atoms with van der Waals surface area (Å²) < 4.78 is 58.7. The fourth-order valence-corrected chi connectivity index (χ4v) is 7.67. The fourth-order valence-electron chi connectivity index (χ4n) is 5.07. The summed E-state index contributed by atoms with van der Waals surface area (Å²) in [6.45, 7) is -4.95. The lowest BCUT2D eigenvalue weighted by Crippen LogP contribution is -2.33. The molecule has 45 heavy (non-hydrogen) atoms. The molecule has 2 aliphatic heterocycles. The van der Waals surface area contributed by atoms with Crippen molar-refractivity contribution in [3.8, 4) is 0 Å². The Morgan fingerprint density at radius 1 is 1.20 bits per heavy atom. The molecule has 7 N–H and O–H groups in total. The zero-order valence-electron chi connectivity index (χ0n) is 22.6. The highest BCUT2D eigenvalue weighted by molar-refractivity contribution is 8.39. The zero-order chi connectivity index (χ0) is 32.0. The molecule has 9 unspecified atom stereocenters. The SMILES string of the molecule is Nc1nc2c(ncn2C2OC(CO)CC2OP(O)(=S)OC2COC(n3nnc4c(N)ncnc43)C(F)C(O[P+](=O)S)C2)c(=O)[nH]1. The van der Waals surface area contributed by atoms with Gasteiger partial charge in [0.05, 0.1) is 31.7 Å². The fraction of sp³-hybridized carbons (Fsp3) is 0.550. The van der Waals surface area contributed by atoms with Gasteiger partial charge in [0.15, 0.2) is 52.9 Å². The molecule has 6 rings (SSSR count). The van der Waals surface area contributed by atoms with Gasteiger partial charge >= 0.3 is 13.9 Å². The van der Waals surface area contributed by atoms with Gasteiger partial charge in [-0.25, -0.2) is 19.3 Å². The first-order chi connectivity index (χ1) is 21.4. The number of nitrogens with zero attached hydrogens (tertiary/aromatic N) is 8. The van der Waals surface area contributed by atoms with E-state index in [0.29, 0.717) is 0 Å². The summed E-state index contributed by atoms with van der Waals surface area (Å²) in [6.07, 6.45) is -6.77. The largest absolute Gasteiger partial charge is 0.582 e. The number of nitrogens with one attached hydrogen (secondary N) is 1. The summed E-state index contributed by atoms with van der Waals surface area (Å²) >= 11 is 9.06. The van der Waals surface area contributed by atoms with Crippen LogP contribution in [-0.2, 0) is 39.4 Å². The molecule has 0 saturated carbocycles. The number of thiol groups is 1. The van der Waals surface area contributed by atoms with Crippen LogP contribution in [0.25, 0.3) is 22.3 Å². The number of imidazole rings is 1. The van der Waals surface area contributed by atoms with Crippen molar-refractivity contribution in [3.05, 3.63) is 23.0 Å². The highest BCUT2D eigenvalue weighted by atomic mass is 32.7. The molecule has 0 spiro atoms. The van der Waals surface area contributed by atoms with Crippen molar-refractivity contribution >= 4 is 72.1 Å². The number of aliphatic hydroxyl groups excluding tert-OH is 1. The molecule has 4 aromatic rings. The number of nitrogen functional groups attached to an aromatic ring is 2. The third-order valence-electron chi connectivity index (χ3n) is 6.96. The first kappa shape index (κ1) is 32.1. The molecule has 25 heteroatoms. The number of aromatic nitrogens is 9. The van der Waals surface area contributed by atoms with E-state index in [1.54, 1.807) is 0 Å². The molecule has 2 saturated heterocycles. The van der Waals surface area contributed by atoms with Gasteiger partial charge in [-0.2, -0.15) is 9.67 Å². The summed E-state index contributed by atoms with van der Waals surface area (Å²) in [7, 11) is -2.59. The number of alkyl halides is 1. The highest BCUT2D eigenvalue weighted by Crippen LogP contribution is 2.52. The number of ether oxygens (including phenoxy) is 2. The number of nitrogens with two attached hydrogens (primary N) is 2. The maximum atomic E-state index is 15.9. The van der Waals surface area contributed by atoms with Crippen LogP contribution in [-0.4, -0.2) is 98.3 Å². The van der Waals surface area contributed by atoms with Crippen molar-refractivity contribution in [1.29, 1.82) is 0 Å². The van der Waals surface area contributed by atoms with E-state index in [2.05, 4.69) is 47.5 Å². The second-order valence-electron chi connectivity index (χ2n) is 9.93. The number of anilines is 2. The predicted octanol–water partition coefficient (Wildman–Crippen LogP) is 0.0153. The Kier molecular flexibility index (Phi) is 9.11. The standard InChI is InChI=1S/C20H24FN11O9P2S2/c21-11-9(39-42(35)44)2-8(4-37-19(11)32-15-12(29-30-32)14(22)24-5-25-15)40-43(36,45)41-10-1-7(3-33)38-18(10)31-6-26-13-16(31)27-20(23)28-17(13)34/h5-11,18-19,33H,1-4H2,(H6-,22,23,24,25,27,28,30,34,35,36,44,45)/p+1. The van der Waals surface area contributed by atoms with Gasteiger partial charge in [0.2, 0.25) is 5.95 Å². The van der Waals surface area contributed by atoms with E-state index in [-0.39, 0.29) is 53.5 Å². The predicted molar refractivity (Wildman–Crippen MR) is 158 cm³/mol. The minimum atomic E-state index is -4.19. The molecular formula is C20H25FN11O9P2S2+. The molecule has 20 nitrogen and oxygen atoms in total. The number of H-pyrrole nitrogens is 1. The molecule has 0 amide bonds. The van der Waals surface area contributed by atoms with E-state index < -0.39 is 69.2 Å². The first-order valence-electron chi connectivity index (χ1n) is 13.0. The lowest BCUT2D eigenvalue weighted by molar-refractivity contribution is -0.0781. The lowest BCUT2D eigenvalue weighted by atomic mass is 10.1. The Balaban J connectivity index is 1.23. The van der Waals surface area contributed by atoms with Gasteiger partial charge in [0.1, 0.15) is 24.7 Å². The quantitative estimate of drug-likeness (QED) is 0.0987. The van der Waals surface area contributed by atoms with Gasteiger partial charge in [0, 0.05) is 12.8 Å². The number of rotatable bonds is 9. The summed E-state index contributed by atoms with van der Waals surface area (Å²) in [5.74, 6) is -0.167. The average Bonchev–Trinajstić information content (AvgIpc) is 3.67. The zero-order valence-corrected chi connectivity index (χ0v) is 26.1. The number of fused-ring (bicyclic) bond motifs is 2. The van der Waals surface area contributed by atoms with Gasteiger partial charge in [-0.3, -0.25) is 14.3 Å². The van der Waals surface area contributed by atoms with Gasteiger partial charge in [-0.1, -0.05) is 5.21 Å². The lowest BCUT2D eigenvalue weighted by Gasteiger charge is -2.27. The smallest absolute Gasteiger partial charge is 0.394 e. The van der Waals surface area contributed by atoms with Crippen molar-refractivity contribution in [2.75, 3.05) is 24.7 Å². The Bertz CT molecular complexity index is 1850. The topological polar surface area (TPSA) is 276 Å². The Morgan fingerprint density at radius 2 is 2.00 bits per heavy atom. The molecule has 2 aliphatic rings. The molecule has 2 fully saturated rings. The van der Waals surface area contributed by atoms with E-state index in [9.17, 15) is 19.4 Å². The first-order valence-corrected chi connectivity index (χ1v) is 17.9. The molecule has 0 aromatic carbocycles. The monoisotopic (exact) mass is 708 g/mol. The van der Waals surface area contributed by atoms with Crippen molar-refractivity contribution in [2.45, 2.75) is 55.9 Å². The Labute approximate surface area is 261 Å². The van der Waals surface area contributed by atoms with Crippen molar-refractivity contribution in [2.24, 2.45) is 0 Å². The summed E-state index contributed by atoms with van der Waals surface area (Å²) in [4.78, 5) is 41.8. The van der Waals surface area contributed by atoms with E-state index >= 15 is 4.39 Å². The molecule has 0 aliphatic carbocycles. The number of aliphatic hydroxyl groups is 1. The van der Waals surface area contributed by atoms with Gasteiger partial charge in [0.25, 0.3) is 5.56 Å². The molecule has 4 aromatic heterocycles. The minimum absolute atomic E-state index is 0.00761. The second-order valence-corrected chi connectivity index (χ2v) is 14.3. The third kappa shape index (κ3) is 6.56. The molecule has 9 atom stereocenters. The normalized spacial score (nSPS) is 29.2. The van der Waals surface area contributed by atoms with Crippen LogP contribution in [0.15, 0.2) is 17.4 Å². The van der Waals surface area contributed by atoms with Crippen LogP contribution in [0.2, 0.25) is 0 Å². The van der Waals surface area contributed by atoms with Gasteiger partial charge < -0.3 is 40.0 Å². The summed E-state index contributed by atoms with van der Waals surface area (Å²) in [6, 6.07) is 0. The highest BCUT2D eigenvalue weighted by Gasteiger charge is 2.46. The molecule has 242 valence electrons. The van der Waals surface area contributed by atoms with Crippen LogP contribution in [0, 0.1) is 0 Å².